The van der Waals surface area contributed by atoms with Crippen LogP contribution in [0.15, 0.2) is 0 Å². The van der Waals surface area contributed by atoms with Gasteiger partial charge in [0.2, 0.25) is 0 Å². The van der Waals surface area contributed by atoms with Gasteiger partial charge >= 0.3 is 0 Å². The van der Waals surface area contributed by atoms with Gasteiger partial charge in [-0.05, 0) is 6.42 Å². The molecule has 2 atom stereocenters. The predicted octanol–water partition coefficient (Wildman–Crippen LogP) is 0.838. The molecule has 0 aromatic heterocycles. The van der Waals surface area contributed by atoms with Crippen molar-refractivity contribution < 1.29 is 5.11 Å². The average molecular weight is 163 g/mol. The number of hydrogen-bond donors (Lipinski definition) is 2. The Morgan fingerprint density at radius 1 is 1.60 bits per heavy atom. The zero-order valence-corrected chi connectivity index (χ0v) is 7.53. The lowest BCUT2D eigenvalue weighted by Crippen LogP contribution is -2.17. The number of thioether (sulfide) groups is 1. The molecule has 0 aliphatic carbocycles. The van der Waals surface area contributed by atoms with Crippen LogP contribution in [0.1, 0.15) is 20.3 Å². The quantitative estimate of drug-likeness (QED) is 0.631. The van der Waals surface area contributed by atoms with Gasteiger partial charge in [-0.1, -0.05) is 13.8 Å². The van der Waals surface area contributed by atoms with E-state index in [0.29, 0.717) is 11.8 Å². The van der Waals surface area contributed by atoms with Gasteiger partial charge in [0.05, 0.1) is 6.10 Å². The van der Waals surface area contributed by atoms with Crippen LogP contribution in [0.3, 0.4) is 0 Å². The Bertz CT molecular complexity index is 70.0. The van der Waals surface area contributed by atoms with Crippen LogP contribution >= 0.6 is 11.8 Å². The predicted molar refractivity (Wildman–Crippen MR) is 47.3 cm³/mol. The first-order valence-electron chi connectivity index (χ1n) is 3.70. The van der Waals surface area contributed by atoms with Crippen LogP contribution in [-0.4, -0.2) is 28.8 Å². The first kappa shape index (κ1) is 10.3. The van der Waals surface area contributed by atoms with Gasteiger partial charge in [-0.3, -0.25) is 0 Å². The van der Waals surface area contributed by atoms with E-state index in [2.05, 4.69) is 6.92 Å². The minimum atomic E-state index is -0.154. The van der Waals surface area contributed by atoms with E-state index in [1.165, 1.54) is 0 Å². The summed E-state index contributed by atoms with van der Waals surface area (Å²) in [4.78, 5) is 0. The van der Waals surface area contributed by atoms with E-state index in [-0.39, 0.29) is 6.10 Å². The van der Waals surface area contributed by atoms with E-state index in [9.17, 15) is 0 Å². The third-order valence-electron chi connectivity index (χ3n) is 1.38. The van der Waals surface area contributed by atoms with E-state index in [1.54, 1.807) is 11.8 Å². The number of aliphatic hydroxyl groups is 1. The summed E-state index contributed by atoms with van der Waals surface area (Å²) in [5, 5.41) is 9.61. The van der Waals surface area contributed by atoms with Crippen molar-refractivity contribution >= 4 is 11.8 Å². The molecule has 10 heavy (non-hydrogen) atoms. The smallest absolute Gasteiger partial charge is 0.0628 e. The Morgan fingerprint density at radius 2 is 2.20 bits per heavy atom. The molecule has 0 fully saturated rings. The fourth-order valence-electron chi connectivity index (χ4n) is 0.461. The largest absolute Gasteiger partial charge is 0.392 e. The van der Waals surface area contributed by atoms with Crippen LogP contribution in [0, 0.1) is 0 Å². The molecule has 0 bridgehead atoms. The molecule has 0 saturated carbocycles. The Balaban J connectivity index is 3.17. The molecule has 2 unspecified atom stereocenters. The van der Waals surface area contributed by atoms with Gasteiger partial charge in [0.15, 0.2) is 0 Å². The van der Waals surface area contributed by atoms with Gasteiger partial charge in [-0.15, -0.1) is 0 Å². The highest BCUT2D eigenvalue weighted by molar-refractivity contribution is 7.99. The zero-order valence-electron chi connectivity index (χ0n) is 6.71. The standard InChI is InChI=1S/C7H17NOS/c1-3-7(9)5-10-6(2)4-8/h6-7,9H,3-5,8H2,1-2H3. The highest BCUT2D eigenvalue weighted by Crippen LogP contribution is 2.11. The molecule has 0 aliphatic rings. The monoisotopic (exact) mass is 163 g/mol. The van der Waals surface area contributed by atoms with Crippen molar-refractivity contribution in [3.63, 3.8) is 0 Å². The second-order valence-corrected chi connectivity index (χ2v) is 3.91. The van der Waals surface area contributed by atoms with Crippen molar-refractivity contribution in [2.24, 2.45) is 5.73 Å². The minimum Gasteiger partial charge on any atom is -0.392 e. The molecular formula is C7H17NOS. The third kappa shape index (κ3) is 5.09. The summed E-state index contributed by atoms with van der Waals surface area (Å²) in [5.74, 6) is 0.814. The summed E-state index contributed by atoms with van der Waals surface area (Å²) < 4.78 is 0. The molecule has 3 N–H and O–H groups in total. The fraction of sp³-hybridized carbons (Fsp3) is 1.00. The van der Waals surface area contributed by atoms with E-state index in [0.717, 1.165) is 12.2 Å². The van der Waals surface area contributed by atoms with Crippen LogP contribution in [-0.2, 0) is 0 Å². The van der Waals surface area contributed by atoms with Crippen molar-refractivity contribution in [3.05, 3.63) is 0 Å². The Hall–Kier alpha value is 0.270. The van der Waals surface area contributed by atoms with Crippen molar-refractivity contribution in [3.8, 4) is 0 Å². The highest BCUT2D eigenvalue weighted by Gasteiger charge is 2.03. The molecule has 0 aromatic rings. The lowest BCUT2D eigenvalue weighted by Gasteiger charge is -2.10. The lowest BCUT2D eigenvalue weighted by atomic mass is 10.3. The molecule has 3 heteroatoms. The molecular weight excluding hydrogens is 146 g/mol. The maximum absolute atomic E-state index is 9.14. The summed E-state index contributed by atoms with van der Waals surface area (Å²) in [6.07, 6.45) is 0.684. The maximum atomic E-state index is 9.14. The summed E-state index contributed by atoms with van der Waals surface area (Å²) in [7, 11) is 0. The summed E-state index contributed by atoms with van der Waals surface area (Å²) in [6.45, 7) is 4.76. The van der Waals surface area contributed by atoms with Crippen LogP contribution in [0.5, 0.6) is 0 Å². The number of aliphatic hydroxyl groups excluding tert-OH is 1. The molecule has 0 rings (SSSR count). The molecule has 0 spiro atoms. The minimum absolute atomic E-state index is 0.154. The SMILES string of the molecule is CCC(O)CSC(C)CN. The third-order valence-corrected chi connectivity index (χ3v) is 2.72. The first-order valence-corrected chi connectivity index (χ1v) is 4.75. The van der Waals surface area contributed by atoms with Crippen molar-refractivity contribution in [1.82, 2.24) is 0 Å². The van der Waals surface area contributed by atoms with Gasteiger partial charge < -0.3 is 10.8 Å². The molecule has 0 radical (unpaired) electrons. The summed E-state index contributed by atoms with van der Waals surface area (Å²) >= 11 is 1.73. The second-order valence-electron chi connectivity index (χ2n) is 2.44. The van der Waals surface area contributed by atoms with Gasteiger partial charge in [0.1, 0.15) is 0 Å². The normalized spacial score (nSPS) is 16.8. The van der Waals surface area contributed by atoms with Crippen LogP contribution < -0.4 is 5.73 Å². The Morgan fingerprint density at radius 3 is 2.60 bits per heavy atom. The van der Waals surface area contributed by atoms with Crippen LogP contribution in [0.2, 0.25) is 0 Å². The molecule has 0 aliphatic heterocycles. The average Bonchev–Trinajstić information content (AvgIpc) is 1.99. The van der Waals surface area contributed by atoms with Gasteiger partial charge in [-0.25, -0.2) is 0 Å². The van der Waals surface area contributed by atoms with E-state index >= 15 is 0 Å². The van der Waals surface area contributed by atoms with Crippen molar-refractivity contribution in [2.75, 3.05) is 12.3 Å². The van der Waals surface area contributed by atoms with E-state index < -0.39 is 0 Å². The van der Waals surface area contributed by atoms with Crippen LogP contribution in [0.25, 0.3) is 0 Å². The zero-order chi connectivity index (χ0) is 7.98. The molecule has 0 amide bonds. The lowest BCUT2D eigenvalue weighted by molar-refractivity contribution is 0.195. The van der Waals surface area contributed by atoms with Crippen molar-refractivity contribution in [1.29, 1.82) is 0 Å². The van der Waals surface area contributed by atoms with Gasteiger partial charge in [0.25, 0.3) is 0 Å². The van der Waals surface area contributed by atoms with E-state index in [1.807, 2.05) is 6.92 Å². The summed E-state index contributed by atoms with van der Waals surface area (Å²) in [6, 6.07) is 0. The molecule has 0 aromatic carbocycles. The summed E-state index contributed by atoms with van der Waals surface area (Å²) in [5.41, 5.74) is 5.40. The van der Waals surface area contributed by atoms with E-state index in [4.69, 9.17) is 10.8 Å². The van der Waals surface area contributed by atoms with Crippen molar-refractivity contribution in [2.45, 2.75) is 31.6 Å². The van der Waals surface area contributed by atoms with Gasteiger partial charge in [-0.2, -0.15) is 11.8 Å². The maximum Gasteiger partial charge on any atom is 0.0628 e. The first-order chi connectivity index (χ1) is 4.70. The second kappa shape index (κ2) is 6.01. The van der Waals surface area contributed by atoms with Crippen LogP contribution in [0.4, 0.5) is 0 Å². The topological polar surface area (TPSA) is 46.2 Å². The Kier molecular flexibility index (Phi) is 6.17. The number of rotatable bonds is 5. The number of hydrogen-bond acceptors (Lipinski definition) is 3. The highest BCUT2D eigenvalue weighted by atomic mass is 32.2. The molecule has 0 saturated heterocycles. The molecule has 0 heterocycles. The Labute approximate surface area is 67.2 Å². The number of nitrogens with two attached hydrogens (primary N) is 1. The van der Waals surface area contributed by atoms with Gasteiger partial charge in [0, 0.05) is 17.5 Å². The fourth-order valence-corrected chi connectivity index (χ4v) is 1.38. The molecule has 62 valence electrons. The molecule has 2 nitrogen and oxygen atoms in total.